The van der Waals surface area contributed by atoms with Gasteiger partial charge in [0.2, 0.25) is 0 Å². The number of ketones is 1. The van der Waals surface area contributed by atoms with Gasteiger partial charge in [-0.3, -0.25) is 4.79 Å². The number of allylic oxidation sites excluding steroid dienone is 3. The molecule has 0 unspecified atom stereocenters. The van der Waals surface area contributed by atoms with Crippen molar-refractivity contribution in [3.05, 3.63) is 23.8 Å². The van der Waals surface area contributed by atoms with E-state index in [1.807, 2.05) is 39.8 Å². The van der Waals surface area contributed by atoms with Gasteiger partial charge >= 0.3 is 0 Å². The van der Waals surface area contributed by atoms with Crippen LogP contribution in [-0.4, -0.2) is 27.2 Å². The lowest BCUT2D eigenvalue weighted by molar-refractivity contribution is -0.121. The molecular formula is C20H32O3. The largest absolute Gasteiger partial charge is 0.389 e. The summed E-state index contributed by atoms with van der Waals surface area (Å²) in [7, 11) is 0. The first-order valence-electron chi connectivity index (χ1n) is 8.85. The fourth-order valence-electron chi connectivity index (χ4n) is 4.18. The Kier molecular flexibility index (Phi) is 4.94. The standard InChI is InChI=1S/C20H32O3/c1-14(2)20(23)12-10-18(4)9-11-19(5,22)8-6-7-15(3)16(21)13-17(18)20/h7,9,11,14,17,22-23H,6,8,10,12-13H2,1-5H3/b11-9+,15-7+/t17-,18+,19+,20-/m0/s1. The molecule has 0 bridgehead atoms. The summed E-state index contributed by atoms with van der Waals surface area (Å²) in [6.45, 7) is 9.85. The molecule has 0 amide bonds. The molecule has 2 N–H and O–H groups in total. The van der Waals surface area contributed by atoms with Gasteiger partial charge in [-0.25, -0.2) is 0 Å². The Hall–Kier alpha value is -0.930. The van der Waals surface area contributed by atoms with Crippen LogP contribution in [0, 0.1) is 17.3 Å². The van der Waals surface area contributed by atoms with E-state index in [2.05, 4.69) is 13.0 Å². The average molecular weight is 320 g/mol. The number of Topliss-reactive ketones (excluding diaryl/α,β-unsaturated/α-hetero) is 1. The van der Waals surface area contributed by atoms with Crippen molar-refractivity contribution in [1.29, 1.82) is 0 Å². The molecular weight excluding hydrogens is 288 g/mol. The van der Waals surface area contributed by atoms with E-state index in [0.717, 1.165) is 12.0 Å². The zero-order valence-corrected chi connectivity index (χ0v) is 15.2. The summed E-state index contributed by atoms with van der Waals surface area (Å²) in [6.07, 6.45) is 9.07. The van der Waals surface area contributed by atoms with Crippen molar-refractivity contribution >= 4 is 5.78 Å². The Morgan fingerprint density at radius 3 is 2.39 bits per heavy atom. The van der Waals surface area contributed by atoms with Crippen LogP contribution in [0.4, 0.5) is 0 Å². The predicted octanol–water partition coefficient (Wildman–Crippen LogP) is 3.80. The summed E-state index contributed by atoms with van der Waals surface area (Å²) in [5.74, 6) is 0.110. The van der Waals surface area contributed by atoms with Gasteiger partial charge in [-0.1, -0.05) is 39.0 Å². The minimum absolute atomic E-state index is 0.102. The van der Waals surface area contributed by atoms with Crippen LogP contribution in [-0.2, 0) is 4.79 Å². The normalized spacial score (nSPS) is 46.0. The van der Waals surface area contributed by atoms with E-state index in [4.69, 9.17) is 0 Å². The summed E-state index contributed by atoms with van der Waals surface area (Å²) in [5, 5.41) is 21.8. The lowest BCUT2D eigenvalue weighted by Crippen LogP contribution is -2.44. The van der Waals surface area contributed by atoms with E-state index in [0.29, 0.717) is 25.7 Å². The van der Waals surface area contributed by atoms with Gasteiger partial charge in [-0.05, 0) is 56.4 Å². The molecule has 2 rings (SSSR count). The molecule has 3 heteroatoms. The van der Waals surface area contributed by atoms with Crippen LogP contribution in [0.25, 0.3) is 0 Å². The maximum Gasteiger partial charge on any atom is 0.158 e. The third-order valence-electron chi connectivity index (χ3n) is 6.22. The molecule has 0 aromatic heterocycles. The minimum Gasteiger partial charge on any atom is -0.389 e. The second-order valence-corrected chi connectivity index (χ2v) is 8.45. The third kappa shape index (κ3) is 3.61. The Balaban J connectivity index is 2.48. The molecule has 1 saturated carbocycles. The van der Waals surface area contributed by atoms with Crippen molar-refractivity contribution in [2.24, 2.45) is 17.3 Å². The van der Waals surface area contributed by atoms with Gasteiger partial charge in [0.25, 0.3) is 0 Å². The number of hydrogen-bond acceptors (Lipinski definition) is 3. The Bertz CT molecular complexity index is 529. The van der Waals surface area contributed by atoms with Crippen molar-refractivity contribution in [2.75, 3.05) is 0 Å². The van der Waals surface area contributed by atoms with Crippen LogP contribution in [0.3, 0.4) is 0 Å². The number of rotatable bonds is 1. The van der Waals surface area contributed by atoms with E-state index in [-0.39, 0.29) is 23.0 Å². The smallest absolute Gasteiger partial charge is 0.158 e. The second kappa shape index (κ2) is 6.18. The molecule has 23 heavy (non-hydrogen) atoms. The molecule has 0 radical (unpaired) electrons. The molecule has 2 aliphatic rings. The van der Waals surface area contributed by atoms with Crippen LogP contribution in [0.5, 0.6) is 0 Å². The topological polar surface area (TPSA) is 57.5 Å². The molecule has 0 aromatic carbocycles. The zero-order chi connectivity index (χ0) is 17.5. The van der Waals surface area contributed by atoms with Gasteiger partial charge in [0.1, 0.15) is 0 Å². The first-order valence-corrected chi connectivity index (χ1v) is 8.85. The Morgan fingerprint density at radius 1 is 1.13 bits per heavy atom. The summed E-state index contributed by atoms with van der Waals surface area (Å²) in [5.41, 5.74) is -1.21. The molecule has 0 aromatic rings. The van der Waals surface area contributed by atoms with E-state index in [1.165, 1.54) is 0 Å². The van der Waals surface area contributed by atoms with Gasteiger partial charge in [-0.2, -0.15) is 0 Å². The molecule has 0 saturated heterocycles. The van der Waals surface area contributed by atoms with Gasteiger partial charge in [0.15, 0.2) is 5.78 Å². The summed E-state index contributed by atoms with van der Waals surface area (Å²) < 4.78 is 0. The van der Waals surface area contributed by atoms with Gasteiger partial charge in [0.05, 0.1) is 11.2 Å². The number of carbonyl (C=O) groups is 1. The van der Waals surface area contributed by atoms with Crippen molar-refractivity contribution in [3.63, 3.8) is 0 Å². The van der Waals surface area contributed by atoms with Gasteiger partial charge < -0.3 is 10.2 Å². The second-order valence-electron chi connectivity index (χ2n) is 8.45. The number of aliphatic hydroxyl groups is 2. The molecule has 0 aliphatic heterocycles. The highest BCUT2D eigenvalue weighted by atomic mass is 16.3. The molecule has 2 aliphatic carbocycles. The summed E-state index contributed by atoms with van der Waals surface area (Å²) >= 11 is 0. The monoisotopic (exact) mass is 320 g/mol. The maximum atomic E-state index is 12.6. The van der Waals surface area contributed by atoms with Crippen LogP contribution >= 0.6 is 0 Å². The predicted molar refractivity (Wildman–Crippen MR) is 93.0 cm³/mol. The number of carbonyl (C=O) groups excluding carboxylic acids is 1. The average Bonchev–Trinajstić information content (AvgIpc) is 2.71. The highest BCUT2D eigenvalue weighted by molar-refractivity contribution is 5.95. The van der Waals surface area contributed by atoms with Gasteiger partial charge in [0, 0.05) is 12.3 Å². The third-order valence-corrected chi connectivity index (χ3v) is 6.22. The van der Waals surface area contributed by atoms with Crippen LogP contribution in [0.2, 0.25) is 0 Å². The first kappa shape index (κ1) is 18.4. The molecule has 0 spiro atoms. The number of fused-ring (bicyclic) bond motifs is 1. The molecule has 3 nitrogen and oxygen atoms in total. The summed E-state index contributed by atoms with van der Waals surface area (Å²) in [4.78, 5) is 12.6. The van der Waals surface area contributed by atoms with E-state index in [1.54, 1.807) is 0 Å². The lowest BCUT2D eigenvalue weighted by atomic mass is 9.68. The van der Waals surface area contributed by atoms with Crippen molar-refractivity contribution < 1.29 is 15.0 Å². The first-order chi connectivity index (χ1) is 10.5. The number of hydrogen-bond donors (Lipinski definition) is 2. The van der Waals surface area contributed by atoms with E-state index >= 15 is 0 Å². The molecule has 130 valence electrons. The zero-order valence-electron chi connectivity index (χ0n) is 15.2. The van der Waals surface area contributed by atoms with E-state index in [9.17, 15) is 15.0 Å². The van der Waals surface area contributed by atoms with E-state index < -0.39 is 11.2 Å². The Morgan fingerprint density at radius 2 is 1.78 bits per heavy atom. The quantitative estimate of drug-likeness (QED) is 0.723. The molecule has 0 heterocycles. The van der Waals surface area contributed by atoms with Crippen LogP contribution in [0.1, 0.15) is 66.7 Å². The molecule has 4 atom stereocenters. The lowest BCUT2D eigenvalue weighted by Gasteiger charge is -2.39. The van der Waals surface area contributed by atoms with Crippen LogP contribution in [0.15, 0.2) is 23.8 Å². The fraction of sp³-hybridized carbons (Fsp3) is 0.750. The van der Waals surface area contributed by atoms with Crippen molar-refractivity contribution in [1.82, 2.24) is 0 Å². The van der Waals surface area contributed by atoms with Crippen molar-refractivity contribution in [3.8, 4) is 0 Å². The Labute approximate surface area is 140 Å². The maximum absolute atomic E-state index is 12.6. The van der Waals surface area contributed by atoms with Gasteiger partial charge in [-0.15, -0.1) is 0 Å². The molecule has 1 fully saturated rings. The highest BCUT2D eigenvalue weighted by Crippen LogP contribution is 2.55. The SMILES string of the molecule is C/C1=C\CC[C@@](C)(O)/C=C/[C@]2(C)CC[C@](O)(C(C)C)[C@H]2CC1=O. The minimum atomic E-state index is -0.879. The van der Waals surface area contributed by atoms with Crippen LogP contribution < -0.4 is 0 Å². The fourth-order valence-corrected chi connectivity index (χ4v) is 4.18. The highest BCUT2D eigenvalue weighted by Gasteiger charge is 2.54. The van der Waals surface area contributed by atoms with Crippen molar-refractivity contribution in [2.45, 2.75) is 77.9 Å². The summed E-state index contributed by atoms with van der Waals surface area (Å²) in [6, 6.07) is 0.